The molecule has 2 aromatic carbocycles. The molecule has 0 radical (unpaired) electrons. The van der Waals surface area contributed by atoms with Crippen LogP contribution in [-0.4, -0.2) is 37.5 Å². The van der Waals surface area contributed by atoms with Gasteiger partial charge in [-0.2, -0.15) is 0 Å². The van der Waals surface area contributed by atoms with E-state index >= 15 is 0 Å². The van der Waals surface area contributed by atoms with Crippen molar-refractivity contribution in [1.29, 1.82) is 0 Å². The predicted molar refractivity (Wildman–Crippen MR) is 133 cm³/mol. The van der Waals surface area contributed by atoms with E-state index in [9.17, 15) is 9.59 Å². The molecule has 0 spiro atoms. The molecule has 2 atom stereocenters. The first-order valence-corrected chi connectivity index (χ1v) is 12.1. The molecule has 0 saturated heterocycles. The molecule has 2 amide bonds. The first kappa shape index (κ1) is 23.1. The van der Waals surface area contributed by atoms with Crippen LogP contribution in [0.2, 0.25) is 0 Å². The van der Waals surface area contributed by atoms with Crippen LogP contribution < -0.4 is 20.9 Å². The number of nitrogens with one attached hydrogen (secondary N) is 3. The normalized spacial score (nSPS) is 20.9. The summed E-state index contributed by atoms with van der Waals surface area (Å²) < 4.78 is 5.67. The minimum absolute atomic E-state index is 0.00699. The zero-order valence-corrected chi connectivity index (χ0v) is 19.8. The monoisotopic (exact) mass is 474 g/mol. The second kappa shape index (κ2) is 10.3. The molecule has 35 heavy (non-hydrogen) atoms. The first-order chi connectivity index (χ1) is 17.1. The molecule has 2 heterocycles. The van der Waals surface area contributed by atoms with E-state index < -0.39 is 0 Å². The lowest BCUT2D eigenvalue weighted by Gasteiger charge is -2.19. The molecule has 3 aliphatic rings. The highest BCUT2D eigenvalue weighted by Crippen LogP contribution is 2.33. The predicted octanol–water partition coefficient (Wildman–Crippen LogP) is 3.23. The van der Waals surface area contributed by atoms with Gasteiger partial charge in [0.05, 0.1) is 25.8 Å². The van der Waals surface area contributed by atoms with Crippen molar-refractivity contribution in [3.8, 4) is 5.75 Å². The van der Waals surface area contributed by atoms with Gasteiger partial charge < -0.3 is 10.1 Å². The lowest BCUT2D eigenvalue weighted by molar-refractivity contribution is -0.120. The number of hydrogen-bond donors (Lipinski definition) is 3. The summed E-state index contributed by atoms with van der Waals surface area (Å²) >= 11 is 0. The van der Waals surface area contributed by atoms with Crippen molar-refractivity contribution >= 4 is 23.8 Å². The van der Waals surface area contributed by atoms with Crippen LogP contribution in [0.3, 0.4) is 0 Å². The third-order valence-corrected chi connectivity index (χ3v) is 6.63. The second-order valence-electron chi connectivity index (χ2n) is 9.13. The molecule has 0 bridgehead atoms. The van der Waals surface area contributed by atoms with Crippen molar-refractivity contribution in [1.82, 2.24) is 16.1 Å². The number of aryl methyl sites for hydroxylation is 2. The number of amides is 2. The highest BCUT2D eigenvalue weighted by molar-refractivity contribution is 5.98. The Morgan fingerprint density at radius 3 is 3.03 bits per heavy atom. The SMILES string of the molecule is CONC1=NC(C/C=C/c2ccc3c(c2)C(NC(=O)c2ccc4c(c2)CCCO4)CC3)CC(=O)N1. The summed E-state index contributed by atoms with van der Waals surface area (Å²) in [5.41, 5.74) is 7.87. The molecule has 5 rings (SSSR count). The number of carbonyl (C=O) groups excluding carboxylic acids is 2. The zero-order chi connectivity index (χ0) is 24.2. The Balaban J connectivity index is 1.24. The summed E-state index contributed by atoms with van der Waals surface area (Å²) in [6.45, 7) is 0.740. The van der Waals surface area contributed by atoms with Crippen LogP contribution in [0, 0.1) is 0 Å². The Labute approximate surface area is 204 Å². The van der Waals surface area contributed by atoms with E-state index in [2.05, 4.69) is 39.3 Å². The number of benzene rings is 2. The Morgan fingerprint density at radius 1 is 1.23 bits per heavy atom. The van der Waals surface area contributed by atoms with Gasteiger partial charge in [-0.15, -0.1) is 0 Å². The largest absolute Gasteiger partial charge is 0.493 e. The smallest absolute Gasteiger partial charge is 0.251 e. The summed E-state index contributed by atoms with van der Waals surface area (Å²) in [6, 6.07) is 12.0. The topological polar surface area (TPSA) is 101 Å². The van der Waals surface area contributed by atoms with E-state index in [1.807, 2.05) is 30.4 Å². The van der Waals surface area contributed by atoms with E-state index in [0.717, 1.165) is 49.2 Å². The van der Waals surface area contributed by atoms with Crippen molar-refractivity contribution in [3.05, 3.63) is 70.3 Å². The molecule has 1 aliphatic carbocycles. The summed E-state index contributed by atoms with van der Waals surface area (Å²) in [4.78, 5) is 34.2. The fraction of sp³-hybridized carbons (Fsp3) is 0.370. The number of nitrogens with zero attached hydrogens (tertiary/aromatic N) is 1. The van der Waals surface area contributed by atoms with Gasteiger partial charge in [-0.05, 0) is 78.6 Å². The van der Waals surface area contributed by atoms with Crippen molar-refractivity contribution in [3.63, 3.8) is 0 Å². The van der Waals surface area contributed by atoms with Gasteiger partial charge in [0.25, 0.3) is 5.91 Å². The van der Waals surface area contributed by atoms with Crippen LogP contribution in [0.5, 0.6) is 5.75 Å². The van der Waals surface area contributed by atoms with Crippen molar-refractivity contribution < 1.29 is 19.2 Å². The number of aliphatic imine (C=N–C) groups is 1. The van der Waals surface area contributed by atoms with Crippen molar-refractivity contribution in [2.45, 2.75) is 50.6 Å². The number of rotatable bonds is 6. The van der Waals surface area contributed by atoms with Gasteiger partial charge in [-0.1, -0.05) is 24.3 Å². The van der Waals surface area contributed by atoms with Crippen LogP contribution in [0.25, 0.3) is 6.08 Å². The van der Waals surface area contributed by atoms with Gasteiger partial charge in [-0.3, -0.25) is 19.7 Å². The van der Waals surface area contributed by atoms with Gasteiger partial charge in [0.1, 0.15) is 5.75 Å². The van der Waals surface area contributed by atoms with Gasteiger partial charge in [0.2, 0.25) is 11.9 Å². The van der Waals surface area contributed by atoms with E-state index in [-0.39, 0.29) is 23.9 Å². The lowest BCUT2D eigenvalue weighted by atomic mass is 10.0. The maximum Gasteiger partial charge on any atom is 0.251 e. The molecule has 8 heteroatoms. The van der Waals surface area contributed by atoms with Gasteiger partial charge >= 0.3 is 0 Å². The number of ether oxygens (including phenoxy) is 1. The van der Waals surface area contributed by atoms with Crippen LogP contribution in [0.15, 0.2) is 47.5 Å². The van der Waals surface area contributed by atoms with E-state index in [1.54, 1.807) is 0 Å². The molecule has 2 aliphatic heterocycles. The molecular formula is C27H30N4O4. The minimum atomic E-state index is -0.138. The average Bonchev–Trinajstić information content (AvgIpc) is 3.25. The molecular weight excluding hydrogens is 444 g/mol. The van der Waals surface area contributed by atoms with Crippen molar-refractivity contribution in [2.24, 2.45) is 4.99 Å². The summed E-state index contributed by atoms with van der Waals surface area (Å²) in [6.07, 6.45) is 8.83. The molecule has 2 unspecified atom stereocenters. The fourth-order valence-corrected chi connectivity index (χ4v) is 4.92. The average molecular weight is 475 g/mol. The fourth-order valence-electron chi connectivity index (χ4n) is 4.92. The van der Waals surface area contributed by atoms with Crippen molar-refractivity contribution in [2.75, 3.05) is 13.7 Å². The third-order valence-electron chi connectivity index (χ3n) is 6.63. The van der Waals surface area contributed by atoms with Crippen LogP contribution in [0.1, 0.15) is 64.3 Å². The third kappa shape index (κ3) is 5.38. The van der Waals surface area contributed by atoms with Crippen LogP contribution >= 0.6 is 0 Å². The van der Waals surface area contributed by atoms with Gasteiger partial charge in [0.15, 0.2) is 0 Å². The summed E-state index contributed by atoms with van der Waals surface area (Å²) in [5.74, 6) is 1.09. The number of fused-ring (bicyclic) bond motifs is 2. The maximum absolute atomic E-state index is 13.0. The van der Waals surface area contributed by atoms with E-state index in [4.69, 9.17) is 9.57 Å². The molecule has 8 nitrogen and oxygen atoms in total. The second-order valence-corrected chi connectivity index (χ2v) is 9.13. The Morgan fingerprint density at radius 2 is 2.14 bits per heavy atom. The maximum atomic E-state index is 13.0. The quantitative estimate of drug-likeness (QED) is 0.558. The van der Waals surface area contributed by atoms with E-state index in [1.165, 1.54) is 18.2 Å². The first-order valence-electron chi connectivity index (χ1n) is 12.1. The summed E-state index contributed by atoms with van der Waals surface area (Å²) in [5, 5.41) is 5.87. The molecule has 0 fully saturated rings. The Hall–Kier alpha value is -3.65. The highest BCUT2D eigenvalue weighted by atomic mass is 16.6. The Bertz CT molecular complexity index is 1190. The molecule has 2 aromatic rings. The highest BCUT2D eigenvalue weighted by Gasteiger charge is 2.25. The minimum Gasteiger partial charge on any atom is -0.493 e. The zero-order valence-electron chi connectivity index (χ0n) is 19.8. The molecule has 0 aromatic heterocycles. The Kier molecular flexibility index (Phi) is 6.81. The lowest BCUT2D eigenvalue weighted by Crippen LogP contribution is -2.45. The van der Waals surface area contributed by atoms with Crippen LogP contribution in [-0.2, 0) is 22.5 Å². The number of hydrogen-bond acceptors (Lipinski definition) is 6. The number of carbonyl (C=O) groups is 2. The molecule has 182 valence electrons. The standard InChI is InChI=1S/C27H30N4O4/c1-34-31-27-28-21(16-25(32)30-27)6-2-4-17-7-8-18-9-11-23(22(18)14-17)29-26(33)20-10-12-24-19(15-20)5-3-13-35-24/h2,4,7-8,10,12,14-15,21,23H,3,5-6,9,11,13,16H2,1H3,(H,29,33)(H2,28,30,31,32)/b4-2+. The van der Waals surface area contributed by atoms with Gasteiger partial charge in [0, 0.05) is 12.0 Å². The van der Waals surface area contributed by atoms with E-state index in [0.29, 0.717) is 24.4 Å². The number of hydroxylamine groups is 1. The molecule has 0 saturated carbocycles. The summed E-state index contributed by atoms with van der Waals surface area (Å²) in [7, 11) is 1.48. The van der Waals surface area contributed by atoms with Crippen LogP contribution in [0.4, 0.5) is 0 Å². The van der Waals surface area contributed by atoms with Gasteiger partial charge in [-0.25, -0.2) is 10.5 Å². The molecule has 3 N–H and O–H groups in total. The number of guanidine groups is 1.